The van der Waals surface area contributed by atoms with Crippen molar-refractivity contribution in [1.29, 1.82) is 0 Å². The van der Waals surface area contributed by atoms with Gasteiger partial charge in [-0.25, -0.2) is 4.98 Å². The Labute approximate surface area is 171 Å². The molecule has 0 unspecified atom stereocenters. The summed E-state index contributed by atoms with van der Waals surface area (Å²) in [5, 5.41) is 10.6. The molecule has 8 nitrogen and oxygen atoms in total. The number of H-pyrrole nitrogens is 1. The Balaban J connectivity index is 1.51. The van der Waals surface area contributed by atoms with Crippen molar-refractivity contribution in [1.82, 2.24) is 25.4 Å². The van der Waals surface area contributed by atoms with Crippen molar-refractivity contribution in [2.75, 3.05) is 27.3 Å². The number of aromatic amines is 1. The van der Waals surface area contributed by atoms with Crippen LogP contribution in [0.15, 0.2) is 18.2 Å². The Morgan fingerprint density at radius 2 is 2.10 bits per heavy atom. The number of likely N-dealkylation sites (tertiary alicyclic amines) is 1. The van der Waals surface area contributed by atoms with Gasteiger partial charge in [0.1, 0.15) is 5.82 Å². The Bertz CT molecular complexity index is 864. The van der Waals surface area contributed by atoms with Crippen molar-refractivity contribution in [2.24, 2.45) is 5.92 Å². The highest BCUT2D eigenvalue weighted by Crippen LogP contribution is 2.34. The van der Waals surface area contributed by atoms with Gasteiger partial charge in [-0.3, -0.25) is 14.8 Å². The SMILES string of the molecule is COc1cccc(CN2CC[C@H](c3n[nH]c(C)n3)[C@H](NC(=O)C3CC3)C2)c1OC. The zero-order valence-electron chi connectivity index (χ0n) is 17.3. The van der Waals surface area contributed by atoms with E-state index in [-0.39, 0.29) is 23.8 Å². The minimum atomic E-state index is -0.0105. The number of nitrogens with one attached hydrogen (secondary N) is 2. The van der Waals surface area contributed by atoms with E-state index < -0.39 is 0 Å². The van der Waals surface area contributed by atoms with Gasteiger partial charge in [0.25, 0.3) is 0 Å². The lowest BCUT2D eigenvalue weighted by atomic mass is 9.90. The van der Waals surface area contributed by atoms with Crippen LogP contribution < -0.4 is 14.8 Å². The molecule has 4 rings (SSSR count). The average Bonchev–Trinajstić information content (AvgIpc) is 3.49. The molecule has 2 fully saturated rings. The minimum Gasteiger partial charge on any atom is -0.493 e. The van der Waals surface area contributed by atoms with E-state index >= 15 is 0 Å². The fraction of sp³-hybridized carbons (Fsp3) is 0.571. The second-order valence-electron chi connectivity index (χ2n) is 7.95. The Hall–Kier alpha value is -2.61. The lowest BCUT2D eigenvalue weighted by Gasteiger charge is -2.38. The summed E-state index contributed by atoms with van der Waals surface area (Å²) in [7, 11) is 3.31. The third kappa shape index (κ3) is 4.37. The van der Waals surface area contributed by atoms with Crippen molar-refractivity contribution >= 4 is 5.91 Å². The number of aromatic nitrogens is 3. The Morgan fingerprint density at radius 3 is 2.76 bits per heavy atom. The third-order valence-electron chi connectivity index (χ3n) is 5.80. The van der Waals surface area contributed by atoms with Crippen LogP contribution in [-0.2, 0) is 11.3 Å². The summed E-state index contributed by atoms with van der Waals surface area (Å²) in [6.45, 7) is 4.28. The maximum absolute atomic E-state index is 12.5. The summed E-state index contributed by atoms with van der Waals surface area (Å²) < 4.78 is 11.0. The van der Waals surface area contributed by atoms with Crippen LogP contribution in [0.1, 0.15) is 42.4 Å². The van der Waals surface area contributed by atoms with Crippen molar-refractivity contribution in [3.63, 3.8) is 0 Å². The second kappa shape index (κ2) is 8.41. The summed E-state index contributed by atoms with van der Waals surface area (Å²) in [4.78, 5) is 19.4. The first-order valence-electron chi connectivity index (χ1n) is 10.2. The fourth-order valence-corrected chi connectivity index (χ4v) is 4.11. The molecule has 1 amide bonds. The van der Waals surface area contributed by atoms with Crippen LogP contribution in [0, 0.1) is 12.8 Å². The number of nitrogens with zero attached hydrogens (tertiary/aromatic N) is 3. The van der Waals surface area contributed by atoms with E-state index in [1.54, 1.807) is 14.2 Å². The molecule has 2 aliphatic rings. The zero-order valence-corrected chi connectivity index (χ0v) is 17.3. The standard InChI is InChI=1S/C21H29N5O3/c1-13-22-20(25-24-13)16-9-10-26(12-17(16)23-21(27)14-7-8-14)11-15-5-4-6-18(28-2)19(15)29-3/h4-6,14,16-17H,7-12H2,1-3H3,(H,23,27)(H,22,24,25)/t16-,17+/m0/s1. The topological polar surface area (TPSA) is 92.4 Å². The van der Waals surface area contributed by atoms with E-state index in [0.717, 1.165) is 67.6 Å². The lowest BCUT2D eigenvalue weighted by molar-refractivity contribution is -0.123. The number of para-hydroxylation sites is 1. The van der Waals surface area contributed by atoms with Crippen LogP contribution >= 0.6 is 0 Å². The van der Waals surface area contributed by atoms with Gasteiger partial charge in [-0.05, 0) is 38.8 Å². The number of hydrogen-bond donors (Lipinski definition) is 2. The number of rotatable bonds is 7. The Kier molecular flexibility index (Phi) is 5.71. The molecule has 1 aliphatic carbocycles. The molecule has 1 saturated heterocycles. The number of amides is 1. The van der Waals surface area contributed by atoms with E-state index in [2.05, 4.69) is 31.5 Å². The molecule has 29 heavy (non-hydrogen) atoms. The smallest absolute Gasteiger partial charge is 0.223 e. The molecule has 0 spiro atoms. The summed E-state index contributed by atoms with van der Waals surface area (Å²) in [6.07, 6.45) is 2.88. The maximum atomic E-state index is 12.5. The number of benzene rings is 1. The number of piperidine rings is 1. The van der Waals surface area contributed by atoms with Crippen LogP contribution in [-0.4, -0.2) is 59.3 Å². The minimum absolute atomic E-state index is 0.0105. The highest BCUT2D eigenvalue weighted by molar-refractivity contribution is 5.81. The number of carbonyl (C=O) groups excluding carboxylic acids is 1. The molecule has 1 aromatic heterocycles. The van der Waals surface area contributed by atoms with Crippen LogP contribution in [0.25, 0.3) is 0 Å². The maximum Gasteiger partial charge on any atom is 0.223 e. The highest BCUT2D eigenvalue weighted by Gasteiger charge is 2.37. The molecule has 1 aromatic carbocycles. The van der Waals surface area contributed by atoms with Crippen molar-refractivity contribution < 1.29 is 14.3 Å². The molecule has 2 N–H and O–H groups in total. The first kappa shape index (κ1) is 19.7. The fourth-order valence-electron chi connectivity index (χ4n) is 4.11. The molecule has 8 heteroatoms. The van der Waals surface area contributed by atoms with Gasteiger partial charge in [-0.2, -0.15) is 5.10 Å². The normalized spacial score (nSPS) is 22.3. The monoisotopic (exact) mass is 399 g/mol. The summed E-state index contributed by atoms with van der Waals surface area (Å²) in [6, 6.07) is 5.93. The molecular formula is C21H29N5O3. The number of aryl methyl sites for hydroxylation is 1. The molecule has 1 saturated carbocycles. The zero-order chi connectivity index (χ0) is 20.4. The van der Waals surface area contributed by atoms with Gasteiger partial charge in [-0.1, -0.05) is 12.1 Å². The van der Waals surface area contributed by atoms with Gasteiger partial charge < -0.3 is 14.8 Å². The van der Waals surface area contributed by atoms with Gasteiger partial charge in [0.15, 0.2) is 17.3 Å². The molecule has 0 bridgehead atoms. The molecular weight excluding hydrogens is 370 g/mol. The molecule has 1 aliphatic heterocycles. The number of hydrogen-bond acceptors (Lipinski definition) is 6. The van der Waals surface area contributed by atoms with E-state index in [9.17, 15) is 4.79 Å². The number of carbonyl (C=O) groups is 1. The summed E-state index contributed by atoms with van der Waals surface area (Å²) in [5.41, 5.74) is 1.08. The molecule has 2 aromatic rings. The van der Waals surface area contributed by atoms with Crippen molar-refractivity contribution in [2.45, 2.75) is 44.7 Å². The van der Waals surface area contributed by atoms with Crippen molar-refractivity contribution in [3.8, 4) is 11.5 Å². The second-order valence-corrected chi connectivity index (χ2v) is 7.95. The van der Waals surface area contributed by atoms with Gasteiger partial charge in [0, 0.05) is 30.5 Å². The number of ether oxygens (including phenoxy) is 2. The highest BCUT2D eigenvalue weighted by atomic mass is 16.5. The van der Waals surface area contributed by atoms with Crippen LogP contribution in [0.3, 0.4) is 0 Å². The molecule has 2 heterocycles. The van der Waals surface area contributed by atoms with E-state index in [4.69, 9.17) is 9.47 Å². The predicted octanol–water partition coefficient (Wildman–Crippen LogP) is 2.01. The largest absolute Gasteiger partial charge is 0.493 e. The third-order valence-corrected chi connectivity index (χ3v) is 5.80. The molecule has 2 atom stereocenters. The first-order chi connectivity index (χ1) is 14.1. The first-order valence-corrected chi connectivity index (χ1v) is 10.2. The quantitative estimate of drug-likeness (QED) is 0.740. The molecule has 0 radical (unpaired) electrons. The number of methoxy groups -OCH3 is 2. The van der Waals surface area contributed by atoms with Gasteiger partial charge in [0.05, 0.1) is 20.3 Å². The average molecular weight is 399 g/mol. The molecule has 156 valence electrons. The van der Waals surface area contributed by atoms with Crippen molar-refractivity contribution in [3.05, 3.63) is 35.4 Å². The van der Waals surface area contributed by atoms with Crippen LogP contribution in [0.4, 0.5) is 0 Å². The van der Waals surface area contributed by atoms with Gasteiger partial charge in [-0.15, -0.1) is 0 Å². The van der Waals surface area contributed by atoms with Crippen LogP contribution in [0.2, 0.25) is 0 Å². The lowest BCUT2D eigenvalue weighted by Crippen LogP contribution is -2.52. The van der Waals surface area contributed by atoms with Gasteiger partial charge >= 0.3 is 0 Å². The Morgan fingerprint density at radius 1 is 1.28 bits per heavy atom. The van der Waals surface area contributed by atoms with E-state index in [0.29, 0.717) is 0 Å². The van der Waals surface area contributed by atoms with Gasteiger partial charge in [0.2, 0.25) is 5.91 Å². The van der Waals surface area contributed by atoms with E-state index in [1.165, 1.54) is 0 Å². The van der Waals surface area contributed by atoms with E-state index in [1.807, 2.05) is 19.1 Å². The predicted molar refractivity (Wildman–Crippen MR) is 108 cm³/mol. The van der Waals surface area contributed by atoms with Crippen LogP contribution in [0.5, 0.6) is 11.5 Å². The summed E-state index contributed by atoms with van der Waals surface area (Å²) in [5.74, 6) is 3.55. The summed E-state index contributed by atoms with van der Waals surface area (Å²) >= 11 is 0.